The maximum absolute atomic E-state index is 12.1. The number of hydrogen-bond acceptors (Lipinski definition) is 5. The Balaban J connectivity index is 2.84. The van der Waals surface area contributed by atoms with E-state index in [1.54, 1.807) is 6.08 Å². The molecule has 0 aliphatic heterocycles. The molecule has 88 valence electrons. The first-order valence-corrected chi connectivity index (χ1v) is 5.84. The number of nitrogens with zero attached hydrogens (tertiary/aromatic N) is 3. The molecule has 0 aliphatic rings. The molecule has 0 bridgehead atoms. The average molecular weight is 241 g/mol. The average Bonchev–Trinajstić information content (AvgIpc) is 2.75. The summed E-state index contributed by atoms with van der Waals surface area (Å²) in [6.45, 7) is 6.17. The summed E-state index contributed by atoms with van der Waals surface area (Å²) in [6.07, 6.45) is 2.31. The van der Waals surface area contributed by atoms with E-state index in [2.05, 4.69) is 16.2 Å². The maximum atomic E-state index is 12.1. The molecule has 1 heterocycles. The Labute approximate surface area is 98.6 Å². The van der Waals surface area contributed by atoms with Crippen LogP contribution in [-0.2, 0) is 6.42 Å². The maximum Gasteiger partial charge on any atom is 0.267 e. The minimum Gasteiger partial charge on any atom is -0.395 e. The quantitative estimate of drug-likeness (QED) is 0.745. The van der Waals surface area contributed by atoms with Crippen LogP contribution in [0.2, 0.25) is 0 Å². The number of aryl methyl sites for hydroxylation is 1. The van der Waals surface area contributed by atoms with E-state index >= 15 is 0 Å². The highest BCUT2D eigenvalue weighted by Gasteiger charge is 2.20. The number of aromatic nitrogens is 2. The number of rotatable bonds is 6. The fourth-order valence-corrected chi connectivity index (χ4v) is 2.02. The third-order valence-corrected chi connectivity index (χ3v) is 2.85. The minimum atomic E-state index is -0.138. The van der Waals surface area contributed by atoms with Crippen molar-refractivity contribution in [1.82, 2.24) is 14.5 Å². The van der Waals surface area contributed by atoms with Crippen molar-refractivity contribution >= 4 is 17.4 Å². The highest BCUT2D eigenvalue weighted by atomic mass is 32.1. The van der Waals surface area contributed by atoms with Crippen LogP contribution in [0.1, 0.15) is 22.3 Å². The van der Waals surface area contributed by atoms with Crippen molar-refractivity contribution in [3.8, 4) is 0 Å². The second-order valence-corrected chi connectivity index (χ2v) is 3.92. The summed E-state index contributed by atoms with van der Waals surface area (Å²) in [6, 6.07) is 0. The molecule has 5 nitrogen and oxygen atoms in total. The number of carbonyl (C=O) groups is 1. The van der Waals surface area contributed by atoms with Gasteiger partial charge >= 0.3 is 0 Å². The minimum absolute atomic E-state index is 0.0622. The summed E-state index contributed by atoms with van der Waals surface area (Å²) in [5, 5.41) is 12.8. The van der Waals surface area contributed by atoms with Crippen LogP contribution < -0.4 is 0 Å². The van der Waals surface area contributed by atoms with Crippen LogP contribution in [0, 0.1) is 0 Å². The van der Waals surface area contributed by atoms with Crippen molar-refractivity contribution in [1.29, 1.82) is 0 Å². The molecule has 0 saturated carbocycles. The Bertz CT molecular complexity index is 365. The van der Waals surface area contributed by atoms with E-state index in [1.807, 2.05) is 6.92 Å². The first-order chi connectivity index (χ1) is 7.74. The lowest BCUT2D eigenvalue weighted by Gasteiger charge is -2.18. The molecule has 0 fully saturated rings. The molecule has 1 aromatic heterocycles. The van der Waals surface area contributed by atoms with Crippen molar-refractivity contribution in [3.05, 3.63) is 23.2 Å². The highest BCUT2D eigenvalue weighted by molar-refractivity contribution is 7.08. The van der Waals surface area contributed by atoms with Crippen LogP contribution in [0.25, 0.3) is 0 Å². The number of hydrogen-bond donors (Lipinski definition) is 1. The number of carbonyl (C=O) groups excluding carboxylic acids is 1. The van der Waals surface area contributed by atoms with E-state index < -0.39 is 0 Å². The van der Waals surface area contributed by atoms with Crippen molar-refractivity contribution < 1.29 is 9.90 Å². The fourth-order valence-electron chi connectivity index (χ4n) is 1.30. The summed E-state index contributed by atoms with van der Waals surface area (Å²) < 4.78 is 3.77. The van der Waals surface area contributed by atoms with Gasteiger partial charge in [0.1, 0.15) is 4.88 Å². The van der Waals surface area contributed by atoms with Crippen LogP contribution in [0.3, 0.4) is 0 Å². The first kappa shape index (κ1) is 12.8. The molecule has 0 spiro atoms. The Morgan fingerprint density at radius 3 is 3.00 bits per heavy atom. The van der Waals surface area contributed by atoms with Gasteiger partial charge in [0.2, 0.25) is 0 Å². The van der Waals surface area contributed by atoms with Crippen LogP contribution in [0.15, 0.2) is 12.7 Å². The van der Waals surface area contributed by atoms with Crippen LogP contribution in [-0.4, -0.2) is 45.2 Å². The Morgan fingerprint density at radius 1 is 1.69 bits per heavy atom. The van der Waals surface area contributed by atoms with Gasteiger partial charge in [0.05, 0.1) is 12.3 Å². The largest absolute Gasteiger partial charge is 0.395 e. The first-order valence-electron chi connectivity index (χ1n) is 5.06. The second-order valence-electron chi connectivity index (χ2n) is 3.17. The molecule has 1 aromatic rings. The van der Waals surface area contributed by atoms with Crippen LogP contribution in [0.5, 0.6) is 0 Å². The van der Waals surface area contributed by atoms with Crippen LogP contribution in [0.4, 0.5) is 0 Å². The third kappa shape index (κ3) is 2.86. The fraction of sp³-hybridized carbons (Fsp3) is 0.500. The van der Waals surface area contributed by atoms with E-state index in [0.717, 1.165) is 11.5 Å². The zero-order valence-electron chi connectivity index (χ0n) is 9.22. The number of aliphatic hydroxyl groups excluding tert-OH is 1. The predicted octanol–water partition coefficient (Wildman–Crippen LogP) is 0.721. The molecule has 1 rings (SSSR count). The summed E-state index contributed by atoms with van der Waals surface area (Å²) in [5.41, 5.74) is 0.710. The lowest BCUT2D eigenvalue weighted by Crippen LogP contribution is -2.33. The molecule has 6 heteroatoms. The van der Waals surface area contributed by atoms with E-state index in [1.165, 1.54) is 4.90 Å². The predicted molar refractivity (Wildman–Crippen MR) is 62.5 cm³/mol. The highest BCUT2D eigenvalue weighted by Crippen LogP contribution is 2.14. The van der Waals surface area contributed by atoms with Crippen molar-refractivity contribution in [2.45, 2.75) is 13.3 Å². The zero-order chi connectivity index (χ0) is 12.0. The molecule has 0 radical (unpaired) electrons. The Kier molecular flexibility index (Phi) is 5.07. The summed E-state index contributed by atoms with van der Waals surface area (Å²) in [4.78, 5) is 14.1. The lowest BCUT2D eigenvalue weighted by molar-refractivity contribution is 0.0746. The molecule has 0 aromatic carbocycles. The summed E-state index contributed by atoms with van der Waals surface area (Å²) >= 11 is 1.09. The molecule has 16 heavy (non-hydrogen) atoms. The van der Waals surface area contributed by atoms with Gasteiger partial charge < -0.3 is 10.0 Å². The molecular weight excluding hydrogens is 226 g/mol. The van der Waals surface area contributed by atoms with Gasteiger partial charge in [-0.3, -0.25) is 4.79 Å². The van der Waals surface area contributed by atoms with Gasteiger partial charge in [0.25, 0.3) is 5.91 Å². The number of amides is 1. The van der Waals surface area contributed by atoms with E-state index in [4.69, 9.17) is 5.11 Å². The molecule has 1 N–H and O–H groups in total. The van der Waals surface area contributed by atoms with Crippen molar-refractivity contribution in [2.24, 2.45) is 0 Å². The Morgan fingerprint density at radius 2 is 2.44 bits per heavy atom. The van der Waals surface area contributed by atoms with Gasteiger partial charge in [-0.05, 0) is 18.0 Å². The van der Waals surface area contributed by atoms with Crippen molar-refractivity contribution in [3.63, 3.8) is 0 Å². The van der Waals surface area contributed by atoms with Gasteiger partial charge in [0.15, 0.2) is 0 Å². The van der Waals surface area contributed by atoms with Gasteiger partial charge in [0, 0.05) is 13.1 Å². The van der Waals surface area contributed by atoms with Gasteiger partial charge in [-0.2, -0.15) is 0 Å². The lowest BCUT2D eigenvalue weighted by atomic mass is 10.2. The standard InChI is InChI=1S/C10H15N3O2S/c1-3-5-13(6-7-14)10(15)9-8(4-2)11-12-16-9/h3,14H,1,4-7H2,2H3. The Hall–Kier alpha value is -1.27. The molecule has 1 amide bonds. The zero-order valence-corrected chi connectivity index (χ0v) is 10.0. The smallest absolute Gasteiger partial charge is 0.267 e. The summed E-state index contributed by atoms with van der Waals surface area (Å²) in [7, 11) is 0. The third-order valence-electron chi connectivity index (χ3n) is 2.09. The van der Waals surface area contributed by atoms with Gasteiger partial charge in [-0.1, -0.05) is 17.5 Å². The number of aliphatic hydroxyl groups is 1. The van der Waals surface area contributed by atoms with E-state index in [9.17, 15) is 4.79 Å². The molecule has 0 aliphatic carbocycles. The molecular formula is C10H15N3O2S. The second kappa shape index (κ2) is 6.34. The molecule has 0 atom stereocenters. The van der Waals surface area contributed by atoms with E-state index in [0.29, 0.717) is 30.1 Å². The topological polar surface area (TPSA) is 66.3 Å². The normalized spacial score (nSPS) is 10.1. The molecule has 0 saturated heterocycles. The molecule has 0 unspecified atom stereocenters. The summed E-state index contributed by atoms with van der Waals surface area (Å²) in [5.74, 6) is -0.138. The van der Waals surface area contributed by atoms with Gasteiger partial charge in [-0.15, -0.1) is 11.7 Å². The monoisotopic (exact) mass is 241 g/mol. The van der Waals surface area contributed by atoms with E-state index in [-0.39, 0.29) is 12.5 Å². The SMILES string of the molecule is C=CCN(CCO)C(=O)c1snnc1CC. The van der Waals surface area contributed by atoms with Crippen molar-refractivity contribution in [2.75, 3.05) is 19.7 Å². The van der Waals surface area contributed by atoms with Gasteiger partial charge in [-0.25, -0.2) is 0 Å². The van der Waals surface area contributed by atoms with Crippen LogP contribution >= 0.6 is 11.5 Å².